The average molecular weight is 288 g/mol. The summed E-state index contributed by atoms with van der Waals surface area (Å²) >= 11 is 0. The molecule has 0 spiro atoms. The summed E-state index contributed by atoms with van der Waals surface area (Å²) < 4.78 is 31.7. The molecule has 7 nitrogen and oxygen atoms in total. The van der Waals surface area contributed by atoms with Gasteiger partial charge in [0.25, 0.3) is 5.91 Å². The fourth-order valence-electron chi connectivity index (χ4n) is 1.25. The maximum Gasteiger partial charge on any atom is 0.335 e. The molecule has 0 fully saturated rings. The highest BCUT2D eigenvalue weighted by Gasteiger charge is 2.22. The predicted molar refractivity (Wildman–Crippen MR) is 61.1 cm³/mol. The fraction of sp³-hybridized carbons (Fsp3) is 0.182. The van der Waals surface area contributed by atoms with Gasteiger partial charge in [0.15, 0.2) is 23.5 Å². The Morgan fingerprint density at radius 1 is 1.30 bits per heavy atom. The molecule has 3 amide bonds. The molecule has 1 aromatic carbocycles. The number of hydrogen-bond acceptors (Lipinski definition) is 4. The molecular formula is C11H10F2N2O5. The largest absolute Gasteiger partial charge is 0.478 e. The zero-order chi connectivity index (χ0) is 15.4. The number of hydrogen-bond donors (Lipinski definition) is 3. The second kappa shape index (κ2) is 5.95. The minimum absolute atomic E-state index is 0.541. The van der Waals surface area contributed by atoms with Gasteiger partial charge in [-0.3, -0.25) is 10.1 Å². The van der Waals surface area contributed by atoms with Crippen LogP contribution >= 0.6 is 0 Å². The van der Waals surface area contributed by atoms with Crippen molar-refractivity contribution in [2.75, 3.05) is 0 Å². The first kappa shape index (κ1) is 15.3. The molecular weight excluding hydrogens is 278 g/mol. The zero-order valence-corrected chi connectivity index (χ0v) is 10.1. The van der Waals surface area contributed by atoms with Gasteiger partial charge in [-0.2, -0.15) is 0 Å². The van der Waals surface area contributed by atoms with Crippen molar-refractivity contribution in [3.8, 4) is 5.75 Å². The third kappa shape index (κ3) is 3.64. The van der Waals surface area contributed by atoms with Crippen molar-refractivity contribution in [2.45, 2.75) is 13.0 Å². The number of carbonyl (C=O) groups is 3. The van der Waals surface area contributed by atoms with Gasteiger partial charge < -0.3 is 15.6 Å². The van der Waals surface area contributed by atoms with Crippen LogP contribution in [0, 0.1) is 11.6 Å². The van der Waals surface area contributed by atoms with Crippen LogP contribution in [0.25, 0.3) is 0 Å². The summed E-state index contributed by atoms with van der Waals surface area (Å²) in [6, 6.07) is -0.0635. The molecule has 1 rings (SSSR count). The maximum absolute atomic E-state index is 13.5. The van der Waals surface area contributed by atoms with Crippen molar-refractivity contribution >= 4 is 17.9 Å². The number of rotatable bonds is 4. The standard InChI is InChI=1S/C11H10F2N2O5/c1-4(9(16)15-11(14)19)20-8-6(12)2-5(10(17)18)3-7(8)13/h2-4H,1H3,(H,17,18)(H3,14,15,16,19). The van der Waals surface area contributed by atoms with E-state index in [1.54, 1.807) is 5.32 Å². The Bertz CT molecular complexity index is 553. The number of halogens is 2. The number of primary amides is 1. The fourth-order valence-corrected chi connectivity index (χ4v) is 1.25. The summed E-state index contributed by atoms with van der Waals surface area (Å²) in [6.07, 6.45) is -1.41. The number of urea groups is 1. The molecule has 0 bridgehead atoms. The SMILES string of the molecule is CC(Oc1c(F)cc(C(=O)O)cc1F)C(=O)NC(N)=O. The van der Waals surface area contributed by atoms with Crippen LogP contribution in [0.15, 0.2) is 12.1 Å². The smallest absolute Gasteiger partial charge is 0.335 e. The number of amides is 3. The Labute approximate surface area is 111 Å². The number of ether oxygens (including phenoxy) is 1. The highest BCUT2D eigenvalue weighted by Crippen LogP contribution is 2.24. The Hall–Kier alpha value is -2.71. The van der Waals surface area contributed by atoms with E-state index in [1.165, 1.54) is 0 Å². The second-order valence-electron chi connectivity index (χ2n) is 3.69. The molecule has 0 aliphatic rings. The molecule has 1 aromatic rings. The van der Waals surface area contributed by atoms with E-state index in [4.69, 9.17) is 15.6 Å². The van der Waals surface area contributed by atoms with Crippen molar-refractivity contribution in [3.05, 3.63) is 29.3 Å². The van der Waals surface area contributed by atoms with Gasteiger partial charge in [-0.15, -0.1) is 0 Å². The minimum Gasteiger partial charge on any atom is -0.478 e. The lowest BCUT2D eigenvalue weighted by Crippen LogP contribution is -2.42. The normalized spacial score (nSPS) is 11.6. The first-order chi connectivity index (χ1) is 9.22. The lowest BCUT2D eigenvalue weighted by atomic mass is 10.2. The Kier molecular flexibility index (Phi) is 4.57. The lowest BCUT2D eigenvalue weighted by Gasteiger charge is -2.14. The van der Waals surface area contributed by atoms with E-state index in [0.29, 0.717) is 12.1 Å². The molecule has 0 aliphatic heterocycles. The summed E-state index contributed by atoms with van der Waals surface area (Å²) in [4.78, 5) is 32.3. The first-order valence-corrected chi connectivity index (χ1v) is 5.21. The van der Waals surface area contributed by atoms with Gasteiger partial charge in [-0.05, 0) is 19.1 Å². The number of aromatic carboxylic acids is 1. The molecule has 1 atom stereocenters. The van der Waals surface area contributed by atoms with E-state index in [9.17, 15) is 23.2 Å². The molecule has 4 N–H and O–H groups in total. The minimum atomic E-state index is -1.52. The number of nitrogens with two attached hydrogens (primary N) is 1. The van der Waals surface area contributed by atoms with Crippen molar-refractivity contribution in [1.82, 2.24) is 5.32 Å². The molecule has 0 heterocycles. The van der Waals surface area contributed by atoms with E-state index in [1.807, 2.05) is 0 Å². The zero-order valence-electron chi connectivity index (χ0n) is 10.1. The summed E-state index contributed by atoms with van der Waals surface area (Å²) in [6.45, 7) is 1.13. The van der Waals surface area contributed by atoms with E-state index in [-0.39, 0.29) is 0 Å². The van der Waals surface area contributed by atoms with Crippen LogP contribution in [-0.2, 0) is 4.79 Å². The molecule has 0 saturated carbocycles. The third-order valence-electron chi connectivity index (χ3n) is 2.16. The quantitative estimate of drug-likeness (QED) is 0.750. The average Bonchev–Trinajstić information content (AvgIpc) is 2.32. The van der Waals surface area contributed by atoms with Gasteiger partial charge in [-0.25, -0.2) is 18.4 Å². The van der Waals surface area contributed by atoms with E-state index >= 15 is 0 Å². The van der Waals surface area contributed by atoms with Gasteiger partial charge in [0, 0.05) is 0 Å². The van der Waals surface area contributed by atoms with E-state index in [0.717, 1.165) is 6.92 Å². The monoisotopic (exact) mass is 288 g/mol. The number of carbonyl (C=O) groups excluding carboxylic acids is 2. The molecule has 108 valence electrons. The molecule has 9 heteroatoms. The first-order valence-electron chi connectivity index (χ1n) is 5.21. The second-order valence-corrected chi connectivity index (χ2v) is 3.69. The van der Waals surface area contributed by atoms with Gasteiger partial charge >= 0.3 is 12.0 Å². The van der Waals surface area contributed by atoms with Crippen LogP contribution in [-0.4, -0.2) is 29.1 Å². The van der Waals surface area contributed by atoms with E-state index < -0.39 is 47.0 Å². The topological polar surface area (TPSA) is 119 Å². The molecule has 1 unspecified atom stereocenters. The van der Waals surface area contributed by atoms with Crippen molar-refractivity contribution < 1.29 is 33.0 Å². The number of nitrogens with one attached hydrogen (secondary N) is 1. The number of carboxylic acid groups (broad SMARTS) is 1. The van der Waals surface area contributed by atoms with Crippen LogP contribution in [0.2, 0.25) is 0 Å². The van der Waals surface area contributed by atoms with E-state index in [2.05, 4.69) is 0 Å². The van der Waals surface area contributed by atoms with Crippen LogP contribution in [0.3, 0.4) is 0 Å². The highest BCUT2D eigenvalue weighted by molar-refractivity contribution is 5.95. The molecule has 0 aromatic heterocycles. The molecule has 0 saturated heterocycles. The Morgan fingerprint density at radius 2 is 1.80 bits per heavy atom. The third-order valence-corrected chi connectivity index (χ3v) is 2.16. The summed E-state index contributed by atoms with van der Waals surface area (Å²) in [5.74, 6) is -6.03. The van der Waals surface area contributed by atoms with Crippen LogP contribution in [0.4, 0.5) is 13.6 Å². The lowest BCUT2D eigenvalue weighted by molar-refractivity contribution is -0.126. The molecule has 0 aliphatic carbocycles. The van der Waals surface area contributed by atoms with Gasteiger partial charge in [0.05, 0.1) is 5.56 Å². The maximum atomic E-state index is 13.5. The highest BCUT2D eigenvalue weighted by atomic mass is 19.1. The Morgan fingerprint density at radius 3 is 2.20 bits per heavy atom. The summed E-state index contributed by atoms with van der Waals surface area (Å²) in [7, 11) is 0. The predicted octanol–water partition coefficient (Wildman–Crippen LogP) is 0.625. The van der Waals surface area contributed by atoms with Crippen molar-refractivity contribution in [3.63, 3.8) is 0 Å². The number of imide groups is 1. The summed E-state index contributed by atoms with van der Waals surface area (Å²) in [5, 5.41) is 10.3. The van der Waals surface area contributed by atoms with Crippen LogP contribution in [0.5, 0.6) is 5.75 Å². The number of benzene rings is 1. The van der Waals surface area contributed by atoms with Gasteiger partial charge in [0.2, 0.25) is 0 Å². The summed E-state index contributed by atoms with van der Waals surface area (Å²) in [5.41, 5.74) is 4.09. The van der Waals surface area contributed by atoms with Crippen molar-refractivity contribution in [2.24, 2.45) is 5.73 Å². The van der Waals surface area contributed by atoms with Gasteiger partial charge in [0.1, 0.15) is 0 Å². The van der Waals surface area contributed by atoms with Crippen LogP contribution in [0.1, 0.15) is 17.3 Å². The van der Waals surface area contributed by atoms with Crippen LogP contribution < -0.4 is 15.8 Å². The Balaban J connectivity index is 2.95. The molecule has 20 heavy (non-hydrogen) atoms. The van der Waals surface area contributed by atoms with Gasteiger partial charge in [-0.1, -0.05) is 0 Å². The molecule has 0 radical (unpaired) electrons. The number of carboxylic acids is 1. The van der Waals surface area contributed by atoms with Crippen molar-refractivity contribution in [1.29, 1.82) is 0 Å².